The van der Waals surface area contributed by atoms with Crippen molar-refractivity contribution >= 4 is 16.9 Å². The monoisotopic (exact) mass is 333 g/mol. The Morgan fingerprint density at radius 3 is 2.72 bits per heavy atom. The van der Waals surface area contributed by atoms with Crippen molar-refractivity contribution in [2.45, 2.75) is 6.54 Å². The van der Waals surface area contributed by atoms with Crippen LogP contribution in [0.5, 0.6) is 0 Å². The van der Waals surface area contributed by atoms with Gasteiger partial charge in [0.2, 0.25) is 0 Å². The fourth-order valence-corrected chi connectivity index (χ4v) is 2.35. The second kappa shape index (κ2) is 6.52. The lowest BCUT2D eigenvalue weighted by Gasteiger charge is -2.01. The smallest absolute Gasteiger partial charge is 0.188 e. The molecule has 122 valence electrons. The minimum atomic E-state index is -0.277. The van der Waals surface area contributed by atoms with E-state index in [0.29, 0.717) is 23.4 Å². The molecular weight excluding hydrogens is 321 g/mol. The number of aromatic nitrogens is 5. The minimum absolute atomic E-state index is 0.277. The molecule has 0 N–H and O–H groups in total. The van der Waals surface area contributed by atoms with Crippen molar-refractivity contribution in [2.24, 2.45) is 10.2 Å². The number of azo groups is 1. The number of hydrogen-bond donors (Lipinski definition) is 0. The summed E-state index contributed by atoms with van der Waals surface area (Å²) in [6.45, 7) is 0.336. The van der Waals surface area contributed by atoms with E-state index < -0.39 is 0 Å². The van der Waals surface area contributed by atoms with Crippen LogP contribution in [0.3, 0.4) is 0 Å². The van der Waals surface area contributed by atoms with Crippen LogP contribution in [0.15, 0.2) is 71.5 Å². The SMILES string of the molecule is Fc1ccc(CN=Nc2ncnc3c2cnn3-c2cccnc2)cc1. The summed E-state index contributed by atoms with van der Waals surface area (Å²) in [5, 5.41) is 13.3. The van der Waals surface area contributed by atoms with Crippen LogP contribution in [-0.4, -0.2) is 24.7 Å². The molecule has 0 aliphatic heterocycles. The third-order valence-electron chi connectivity index (χ3n) is 3.57. The van der Waals surface area contributed by atoms with Crippen LogP contribution in [0.25, 0.3) is 16.7 Å². The molecular formula is C17H12FN7. The third kappa shape index (κ3) is 3.09. The molecule has 0 saturated carbocycles. The van der Waals surface area contributed by atoms with Crippen molar-refractivity contribution < 1.29 is 4.39 Å². The van der Waals surface area contributed by atoms with E-state index in [1.54, 1.807) is 35.4 Å². The molecule has 4 rings (SSSR count). The van der Waals surface area contributed by atoms with Gasteiger partial charge in [0.25, 0.3) is 0 Å². The summed E-state index contributed by atoms with van der Waals surface area (Å²) in [5.41, 5.74) is 2.28. The Bertz CT molecular complexity index is 1030. The van der Waals surface area contributed by atoms with Gasteiger partial charge in [-0.2, -0.15) is 10.2 Å². The van der Waals surface area contributed by atoms with Crippen LogP contribution in [-0.2, 0) is 6.54 Å². The lowest BCUT2D eigenvalue weighted by Crippen LogP contribution is -1.97. The average Bonchev–Trinajstić information content (AvgIpc) is 3.09. The largest absolute Gasteiger partial charge is 0.262 e. The number of nitrogens with zero attached hydrogens (tertiary/aromatic N) is 7. The van der Waals surface area contributed by atoms with E-state index in [9.17, 15) is 4.39 Å². The lowest BCUT2D eigenvalue weighted by atomic mass is 10.2. The molecule has 3 aromatic heterocycles. The van der Waals surface area contributed by atoms with Crippen LogP contribution in [0.4, 0.5) is 10.2 Å². The predicted molar refractivity (Wildman–Crippen MR) is 89.1 cm³/mol. The van der Waals surface area contributed by atoms with Crippen LogP contribution >= 0.6 is 0 Å². The van der Waals surface area contributed by atoms with E-state index in [1.807, 2.05) is 12.1 Å². The highest BCUT2D eigenvalue weighted by molar-refractivity contribution is 5.85. The molecule has 0 radical (unpaired) electrons. The topological polar surface area (TPSA) is 81.2 Å². The van der Waals surface area contributed by atoms with Crippen LogP contribution in [0.2, 0.25) is 0 Å². The molecule has 3 heterocycles. The second-order valence-corrected chi connectivity index (χ2v) is 5.23. The van der Waals surface area contributed by atoms with Gasteiger partial charge in [0.1, 0.15) is 12.1 Å². The van der Waals surface area contributed by atoms with E-state index in [0.717, 1.165) is 11.3 Å². The maximum absolute atomic E-state index is 12.9. The number of rotatable bonds is 4. The van der Waals surface area contributed by atoms with E-state index in [4.69, 9.17) is 0 Å². The van der Waals surface area contributed by atoms with Gasteiger partial charge in [-0.15, -0.1) is 5.11 Å². The molecule has 0 amide bonds. The molecule has 0 aliphatic rings. The molecule has 8 heteroatoms. The number of hydrogen-bond acceptors (Lipinski definition) is 6. The van der Waals surface area contributed by atoms with Gasteiger partial charge < -0.3 is 0 Å². The van der Waals surface area contributed by atoms with Gasteiger partial charge in [-0.05, 0) is 29.8 Å². The second-order valence-electron chi connectivity index (χ2n) is 5.23. The summed E-state index contributed by atoms with van der Waals surface area (Å²) in [6, 6.07) is 9.84. The Morgan fingerprint density at radius 1 is 1.04 bits per heavy atom. The van der Waals surface area contributed by atoms with Crippen LogP contribution in [0.1, 0.15) is 5.56 Å². The Kier molecular flexibility index (Phi) is 3.91. The van der Waals surface area contributed by atoms with Gasteiger partial charge in [-0.1, -0.05) is 12.1 Å². The summed E-state index contributed by atoms with van der Waals surface area (Å²) in [6.07, 6.45) is 6.46. The first-order chi connectivity index (χ1) is 12.3. The number of pyridine rings is 1. The molecule has 0 spiro atoms. The number of halogens is 1. The molecule has 0 aliphatic carbocycles. The first kappa shape index (κ1) is 15.0. The standard InChI is InChI=1S/C17H12FN7/c18-13-5-3-12(4-6-13)8-22-24-16-15-10-23-25(17(15)21-11-20-16)14-2-1-7-19-9-14/h1-7,9-11H,8H2. The van der Waals surface area contributed by atoms with Crippen LogP contribution in [0, 0.1) is 5.82 Å². The van der Waals surface area contributed by atoms with Crippen molar-refractivity contribution in [1.29, 1.82) is 0 Å². The quantitative estimate of drug-likeness (QED) is 0.534. The summed E-state index contributed by atoms with van der Waals surface area (Å²) < 4.78 is 14.6. The Balaban J connectivity index is 1.63. The van der Waals surface area contributed by atoms with E-state index in [2.05, 4.69) is 30.3 Å². The van der Waals surface area contributed by atoms with E-state index in [1.165, 1.54) is 18.5 Å². The van der Waals surface area contributed by atoms with Gasteiger partial charge in [0.15, 0.2) is 11.5 Å². The summed E-state index contributed by atoms with van der Waals surface area (Å²) in [7, 11) is 0. The molecule has 0 unspecified atom stereocenters. The zero-order chi connectivity index (χ0) is 17.1. The zero-order valence-electron chi connectivity index (χ0n) is 13.0. The molecule has 0 atom stereocenters. The van der Waals surface area contributed by atoms with Crippen molar-refractivity contribution in [1.82, 2.24) is 24.7 Å². The normalized spacial score (nSPS) is 11.4. The highest BCUT2D eigenvalue weighted by atomic mass is 19.1. The van der Waals surface area contributed by atoms with Gasteiger partial charge in [-0.3, -0.25) is 4.98 Å². The van der Waals surface area contributed by atoms with Crippen molar-refractivity contribution in [3.63, 3.8) is 0 Å². The Labute approximate surface area is 141 Å². The summed E-state index contributed by atoms with van der Waals surface area (Å²) in [5.74, 6) is 0.156. The third-order valence-corrected chi connectivity index (χ3v) is 3.57. The maximum atomic E-state index is 12.9. The minimum Gasteiger partial charge on any atom is -0.262 e. The van der Waals surface area contributed by atoms with Crippen molar-refractivity contribution in [3.8, 4) is 5.69 Å². The first-order valence-corrected chi connectivity index (χ1v) is 7.52. The van der Waals surface area contributed by atoms with E-state index >= 15 is 0 Å². The van der Waals surface area contributed by atoms with Crippen molar-refractivity contribution in [3.05, 3.63) is 72.7 Å². The highest BCUT2D eigenvalue weighted by Crippen LogP contribution is 2.23. The maximum Gasteiger partial charge on any atom is 0.188 e. The van der Waals surface area contributed by atoms with Gasteiger partial charge in [0.05, 0.1) is 30.0 Å². The molecule has 1 aromatic carbocycles. The van der Waals surface area contributed by atoms with Crippen LogP contribution < -0.4 is 0 Å². The number of fused-ring (bicyclic) bond motifs is 1. The lowest BCUT2D eigenvalue weighted by molar-refractivity contribution is 0.627. The molecule has 0 bridgehead atoms. The summed E-state index contributed by atoms with van der Waals surface area (Å²) in [4.78, 5) is 12.5. The van der Waals surface area contributed by atoms with E-state index in [-0.39, 0.29) is 5.82 Å². The molecule has 0 saturated heterocycles. The molecule has 25 heavy (non-hydrogen) atoms. The van der Waals surface area contributed by atoms with Crippen molar-refractivity contribution in [2.75, 3.05) is 0 Å². The Morgan fingerprint density at radius 2 is 1.92 bits per heavy atom. The predicted octanol–water partition coefficient (Wildman–Crippen LogP) is 3.63. The summed E-state index contributed by atoms with van der Waals surface area (Å²) >= 11 is 0. The van der Waals surface area contributed by atoms with Gasteiger partial charge in [-0.25, -0.2) is 19.0 Å². The molecule has 4 aromatic rings. The van der Waals surface area contributed by atoms with Gasteiger partial charge >= 0.3 is 0 Å². The molecule has 7 nitrogen and oxygen atoms in total. The zero-order valence-corrected chi connectivity index (χ0v) is 13.0. The van der Waals surface area contributed by atoms with Gasteiger partial charge in [0, 0.05) is 6.20 Å². The Hall–Kier alpha value is -3.55. The fourth-order valence-electron chi connectivity index (χ4n) is 2.35. The molecule has 0 fully saturated rings. The highest BCUT2D eigenvalue weighted by Gasteiger charge is 2.10. The number of benzene rings is 1. The first-order valence-electron chi connectivity index (χ1n) is 7.52. The average molecular weight is 333 g/mol. The fraction of sp³-hybridized carbons (Fsp3) is 0.0588.